The molecule has 128 valence electrons. The van der Waals surface area contributed by atoms with Gasteiger partial charge in [0.25, 0.3) is 5.56 Å². The Kier molecular flexibility index (Phi) is 4.22. The van der Waals surface area contributed by atoms with Crippen molar-refractivity contribution in [2.75, 3.05) is 18.0 Å². The topological polar surface area (TPSA) is 74.8 Å². The van der Waals surface area contributed by atoms with Gasteiger partial charge in [-0.15, -0.1) is 0 Å². The fraction of sp³-hybridized carbons (Fsp3) is 0.474. The van der Waals surface area contributed by atoms with Gasteiger partial charge in [0.1, 0.15) is 11.9 Å². The quantitative estimate of drug-likeness (QED) is 0.856. The molecule has 1 aliphatic carbocycles. The monoisotopic (exact) mass is 335 g/mol. The maximum Gasteiger partial charge on any atom is 0.267 e. The predicted octanol–water partition coefficient (Wildman–Crippen LogP) is 1.92. The fourth-order valence-electron chi connectivity index (χ4n) is 3.80. The van der Waals surface area contributed by atoms with Crippen molar-refractivity contribution >= 4 is 5.82 Å². The largest absolute Gasteiger partial charge is 0.357 e. The number of aryl methyl sites for hydroxylation is 2. The summed E-state index contributed by atoms with van der Waals surface area (Å²) in [4.78, 5) is 18.9. The third-order valence-electron chi connectivity index (χ3n) is 5.27. The molecule has 6 nitrogen and oxygen atoms in total. The Bertz CT molecular complexity index is 857. The highest BCUT2D eigenvalue weighted by atomic mass is 16.1. The zero-order valence-electron chi connectivity index (χ0n) is 14.2. The number of rotatable bonds is 3. The van der Waals surface area contributed by atoms with Gasteiger partial charge < -0.3 is 4.90 Å². The van der Waals surface area contributed by atoms with Crippen LogP contribution in [0.4, 0.5) is 5.82 Å². The van der Waals surface area contributed by atoms with E-state index in [0.717, 1.165) is 62.3 Å². The van der Waals surface area contributed by atoms with Crippen molar-refractivity contribution < 1.29 is 0 Å². The molecule has 1 saturated heterocycles. The van der Waals surface area contributed by atoms with Crippen molar-refractivity contribution in [3.05, 3.63) is 51.6 Å². The van der Waals surface area contributed by atoms with E-state index < -0.39 is 0 Å². The van der Waals surface area contributed by atoms with Gasteiger partial charge in [-0.2, -0.15) is 10.4 Å². The molecule has 25 heavy (non-hydrogen) atoms. The SMILES string of the molecule is N#Cc1ccc(N2CCC(Cn3nc4c(cc3=O)CCC4)CC2)nc1. The maximum atomic E-state index is 12.3. The molecular weight excluding hydrogens is 314 g/mol. The van der Waals surface area contributed by atoms with E-state index in [4.69, 9.17) is 5.26 Å². The lowest BCUT2D eigenvalue weighted by atomic mass is 9.97. The molecule has 3 heterocycles. The summed E-state index contributed by atoms with van der Waals surface area (Å²) >= 11 is 0. The van der Waals surface area contributed by atoms with Crippen LogP contribution in [-0.2, 0) is 19.4 Å². The molecule has 0 bridgehead atoms. The highest BCUT2D eigenvalue weighted by molar-refractivity contribution is 5.42. The molecule has 0 unspecified atom stereocenters. The average Bonchev–Trinajstić information content (AvgIpc) is 3.10. The molecule has 0 atom stereocenters. The van der Waals surface area contributed by atoms with Gasteiger partial charge in [0.15, 0.2) is 0 Å². The van der Waals surface area contributed by atoms with E-state index in [-0.39, 0.29) is 5.56 Å². The van der Waals surface area contributed by atoms with Crippen LogP contribution in [0.1, 0.15) is 36.1 Å². The normalized spacial score (nSPS) is 17.3. The molecule has 2 aromatic rings. The minimum absolute atomic E-state index is 0.0387. The lowest BCUT2D eigenvalue weighted by molar-refractivity contribution is 0.333. The van der Waals surface area contributed by atoms with E-state index in [0.29, 0.717) is 18.0 Å². The molecule has 2 aliphatic rings. The first-order valence-corrected chi connectivity index (χ1v) is 8.94. The Labute approximate surface area is 146 Å². The molecular formula is C19H21N5O. The zero-order valence-corrected chi connectivity index (χ0v) is 14.2. The number of piperidine rings is 1. The summed E-state index contributed by atoms with van der Waals surface area (Å²) < 4.78 is 1.67. The van der Waals surface area contributed by atoms with Gasteiger partial charge in [0.2, 0.25) is 0 Å². The van der Waals surface area contributed by atoms with Crippen molar-refractivity contribution in [2.24, 2.45) is 5.92 Å². The van der Waals surface area contributed by atoms with Crippen molar-refractivity contribution in [3.63, 3.8) is 0 Å². The molecule has 1 aliphatic heterocycles. The number of nitrogens with zero attached hydrogens (tertiary/aromatic N) is 5. The fourth-order valence-corrected chi connectivity index (χ4v) is 3.80. The number of anilines is 1. The third-order valence-corrected chi connectivity index (χ3v) is 5.27. The summed E-state index contributed by atoms with van der Waals surface area (Å²) in [6.07, 6.45) is 6.77. The van der Waals surface area contributed by atoms with Gasteiger partial charge in [-0.3, -0.25) is 4.79 Å². The van der Waals surface area contributed by atoms with Gasteiger partial charge in [0, 0.05) is 31.9 Å². The van der Waals surface area contributed by atoms with Crippen LogP contribution in [0.25, 0.3) is 0 Å². The summed E-state index contributed by atoms with van der Waals surface area (Å²) in [5.74, 6) is 1.39. The van der Waals surface area contributed by atoms with Gasteiger partial charge in [-0.05, 0) is 55.7 Å². The highest BCUT2D eigenvalue weighted by Crippen LogP contribution is 2.23. The minimum atomic E-state index is 0.0387. The second kappa shape index (κ2) is 6.67. The molecule has 0 saturated carbocycles. The molecule has 0 amide bonds. The maximum absolute atomic E-state index is 12.3. The number of aromatic nitrogens is 3. The van der Waals surface area contributed by atoms with E-state index in [1.54, 1.807) is 16.9 Å². The Morgan fingerprint density at radius 1 is 1.24 bits per heavy atom. The van der Waals surface area contributed by atoms with E-state index in [1.807, 2.05) is 12.1 Å². The molecule has 0 spiro atoms. The summed E-state index contributed by atoms with van der Waals surface area (Å²) in [5, 5.41) is 13.4. The Balaban J connectivity index is 1.39. The smallest absolute Gasteiger partial charge is 0.267 e. The van der Waals surface area contributed by atoms with Gasteiger partial charge in [-0.25, -0.2) is 9.67 Å². The summed E-state index contributed by atoms with van der Waals surface area (Å²) in [7, 11) is 0. The third kappa shape index (κ3) is 3.27. The van der Waals surface area contributed by atoms with Crippen molar-refractivity contribution in [1.82, 2.24) is 14.8 Å². The number of nitriles is 1. The molecule has 1 fully saturated rings. The Hall–Kier alpha value is -2.68. The first kappa shape index (κ1) is 15.8. The number of fused-ring (bicyclic) bond motifs is 1. The lowest BCUT2D eigenvalue weighted by Crippen LogP contribution is -2.37. The first-order chi connectivity index (χ1) is 12.2. The van der Waals surface area contributed by atoms with Crippen molar-refractivity contribution in [2.45, 2.75) is 38.6 Å². The van der Waals surface area contributed by atoms with Crippen LogP contribution in [0.15, 0.2) is 29.2 Å². The van der Waals surface area contributed by atoms with Crippen molar-refractivity contribution in [3.8, 4) is 6.07 Å². The molecule has 0 aromatic carbocycles. The zero-order chi connectivity index (χ0) is 17.2. The van der Waals surface area contributed by atoms with Crippen molar-refractivity contribution in [1.29, 1.82) is 5.26 Å². The van der Waals surface area contributed by atoms with Crippen LogP contribution in [0.3, 0.4) is 0 Å². The van der Waals surface area contributed by atoms with Crippen LogP contribution in [0.2, 0.25) is 0 Å². The minimum Gasteiger partial charge on any atom is -0.357 e. The van der Waals surface area contributed by atoms with Crippen LogP contribution >= 0.6 is 0 Å². The molecule has 0 N–H and O–H groups in total. The number of hydrogen-bond donors (Lipinski definition) is 0. The highest BCUT2D eigenvalue weighted by Gasteiger charge is 2.22. The molecule has 2 aromatic heterocycles. The summed E-state index contributed by atoms with van der Waals surface area (Å²) in [5.41, 5.74) is 2.87. The molecule has 4 rings (SSSR count). The van der Waals surface area contributed by atoms with E-state index >= 15 is 0 Å². The number of pyridine rings is 1. The van der Waals surface area contributed by atoms with Crippen LogP contribution in [0.5, 0.6) is 0 Å². The lowest BCUT2D eigenvalue weighted by Gasteiger charge is -2.32. The first-order valence-electron chi connectivity index (χ1n) is 8.94. The van der Waals surface area contributed by atoms with E-state index in [2.05, 4.69) is 21.1 Å². The molecule has 6 heteroatoms. The van der Waals surface area contributed by atoms with Crippen LogP contribution in [0, 0.1) is 17.2 Å². The standard InChI is InChI=1S/C19H21N5O/c20-11-15-4-5-18(21-12-15)23-8-6-14(7-9-23)13-24-19(25)10-16-2-1-3-17(16)22-24/h4-5,10,12,14H,1-3,6-9,13H2. The average molecular weight is 335 g/mol. The van der Waals surface area contributed by atoms with E-state index in [1.165, 1.54) is 0 Å². The second-order valence-electron chi connectivity index (χ2n) is 6.94. The van der Waals surface area contributed by atoms with Gasteiger partial charge in [-0.1, -0.05) is 0 Å². The molecule has 0 radical (unpaired) electrons. The van der Waals surface area contributed by atoms with E-state index in [9.17, 15) is 4.79 Å². The summed E-state index contributed by atoms with van der Waals surface area (Å²) in [6, 6.07) is 7.59. The summed E-state index contributed by atoms with van der Waals surface area (Å²) in [6.45, 7) is 2.55. The van der Waals surface area contributed by atoms with Gasteiger partial charge in [0.05, 0.1) is 11.3 Å². The number of hydrogen-bond acceptors (Lipinski definition) is 5. The van der Waals surface area contributed by atoms with Crippen LogP contribution < -0.4 is 10.5 Å². The Morgan fingerprint density at radius 2 is 2.08 bits per heavy atom. The second-order valence-corrected chi connectivity index (χ2v) is 6.94. The van der Waals surface area contributed by atoms with Gasteiger partial charge >= 0.3 is 0 Å². The predicted molar refractivity (Wildman–Crippen MR) is 94.4 cm³/mol. The van der Waals surface area contributed by atoms with Crippen LogP contribution in [-0.4, -0.2) is 27.9 Å². The Morgan fingerprint density at radius 3 is 2.80 bits per heavy atom.